The molecule has 7 nitrogen and oxygen atoms in total. The molecular formula is C26H24F3N3O4. The number of rotatable bonds is 5. The second-order valence-corrected chi connectivity index (χ2v) is 8.32. The van der Waals surface area contributed by atoms with Crippen molar-refractivity contribution in [3.05, 3.63) is 70.2 Å². The van der Waals surface area contributed by atoms with E-state index in [-0.39, 0.29) is 29.3 Å². The molecule has 1 heterocycles. The van der Waals surface area contributed by atoms with Crippen LogP contribution in [0.2, 0.25) is 0 Å². The standard InChI is InChI=1S/C26H24F3N3O4/c1-34-20-10-14(11-21(35-2)24(20)36-3)22-17(13-30)25(31)32(18-8-5-9-19(33)23(18)22)16-7-4-6-15(12-16)26(27,28)29/h4,6-7,10-12,22H,5,8-9,31H2,1-3H3/t22-/m0/s1. The molecule has 1 aliphatic carbocycles. The average Bonchev–Trinajstić information content (AvgIpc) is 2.86. The number of carbonyl (C=O) groups is 1. The zero-order valence-electron chi connectivity index (χ0n) is 19.9. The van der Waals surface area contributed by atoms with Gasteiger partial charge in [-0.1, -0.05) is 6.07 Å². The third kappa shape index (κ3) is 4.11. The number of hydrogen-bond acceptors (Lipinski definition) is 7. The van der Waals surface area contributed by atoms with Gasteiger partial charge in [0, 0.05) is 23.4 Å². The van der Waals surface area contributed by atoms with Crippen molar-refractivity contribution in [3.63, 3.8) is 0 Å². The van der Waals surface area contributed by atoms with Crippen molar-refractivity contribution in [1.29, 1.82) is 5.26 Å². The molecule has 0 amide bonds. The monoisotopic (exact) mass is 499 g/mol. The lowest BCUT2D eigenvalue weighted by atomic mass is 9.75. The summed E-state index contributed by atoms with van der Waals surface area (Å²) in [4.78, 5) is 14.7. The van der Waals surface area contributed by atoms with Gasteiger partial charge in [0.15, 0.2) is 17.3 Å². The van der Waals surface area contributed by atoms with Crippen LogP contribution in [0.4, 0.5) is 18.9 Å². The molecule has 188 valence electrons. The topological polar surface area (TPSA) is 97.8 Å². The summed E-state index contributed by atoms with van der Waals surface area (Å²) in [6.07, 6.45) is -3.42. The Morgan fingerprint density at radius 2 is 1.72 bits per heavy atom. The summed E-state index contributed by atoms with van der Waals surface area (Å²) in [6, 6.07) is 10.0. The maximum Gasteiger partial charge on any atom is 0.416 e. The lowest BCUT2D eigenvalue weighted by molar-refractivity contribution is -0.137. The summed E-state index contributed by atoms with van der Waals surface area (Å²) in [7, 11) is 4.35. The van der Waals surface area contributed by atoms with Crippen molar-refractivity contribution in [2.24, 2.45) is 5.73 Å². The largest absolute Gasteiger partial charge is 0.493 e. The van der Waals surface area contributed by atoms with Gasteiger partial charge in [-0.2, -0.15) is 18.4 Å². The van der Waals surface area contributed by atoms with Gasteiger partial charge in [-0.05, 0) is 48.7 Å². The predicted octanol–water partition coefficient (Wildman–Crippen LogP) is 5.04. The van der Waals surface area contributed by atoms with Crippen molar-refractivity contribution < 1.29 is 32.2 Å². The summed E-state index contributed by atoms with van der Waals surface area (Å²) in [6.45, 7) is 0. The number of nitrogens with two attached hydrogens (primary N) is 1. The highest BCUT2D eigenvalue weighted by atomic mass is 19.4. The van der Waals surface area contributed by atoms with Crippen LogP contribution in [0.3, 0.4) is 0 Å². The minimum Gasteiger partial charge on any atom is -0.493 e. The van der Waals surface area contributed by atoms with Crippen molar-refractivity contribution in [3.8, 4) is 23.3 Å². The van der Waals surface area contributed by atoms with Crippen LogP contribution >= 0.6 is 0 Å². The number of hydrogen-bond donors (Lipinski definition) is 1. The normalized spacial score (nSPS) is 18.1. The molecule has 2 aliphatic rings. The first kappa shape index (κ1) is 25.0. The maximum absolute atomic E-state index is 13.4. The number of methoxy groups -OCH3 is 3. The van der Waals surface area contributed by atoms with Gasteiger partial charge in [0.05, 0.1) is 44.5 Å². The van der Waals surface area contributed by atoms with Crippen molar-refractivity contribution in [2.45, 2.75) is 31.4 Å². The van der Waals surface area contributed by atoms with Crippen molar-refractivity contribution in [2.75, 3.05) is 26.2 Å². The minimum absolute atomic E-state index is 0.0377. The Labute approximate surface area is 206 Å². The number of benzene rings is 2. The lowest BCUT2D eigenvalue weighted by Gasteiger charge is -2.40. The first-order valence-corrected chi connectivity index (χ1v) is 11.1. The third-order valence-corrected chi connectivity index (χ3v) is 6.37. The van der Waals surface area contributed by atoms with Gasteiger partial charge in [0.2, 0.25) is 5.75 Å². The number of ether oxygens (including phenoxy) is 3. The number of nitrogens with zero attached hydrogens (tertiary/aromatic N) is 2. The number of nitriles is 1. The number of allylic oxidation sites excluding steroid dienone is 3. The molecule has 2 aromatic carbocycles. The van der Waals surface area contributed by atoms with Crippen LogP contribution in [-0.4, -0.2) is 27.1 Å². The average molecular weight is 499 g/mol. The van der Waals surface area contributed by atoms with Gasteiger partial charge >= 0.3 is 6.18 Å². The molecule has 0 saturated carbocycles. The van der Waals surface area contributed by atoms with Crippen LogP contribution in [0.1, 0.15) is 36.3 Å². The van der Waals surface area contributed by atoms with Crippen molar-refractivity contribution >= 4 is 11.5 Å². The third-order valence-electron chi connectivity index (χ3n) is 6.37. The molecular weight excluding hydrogens is 475 g/mol. The van der Waals surface area contributed by atoms with Crippen molar-refractivity contribution in [1.82, 2.24) is 0 Å². The van der Waals surface area contributed by atoms with E-state index in [4.69, 9.17) is 19.9 Å². The first-order chi connectivity index (χ1) is 17.2. The second kappa shape index (κ2) is 9.49. The Kier molecular flexibility index (Phi) is 6.59. The Balaban J connectivity index is 1.98. The number of carbonyl (C=O) groups excluding carboxylic acids is 1. The first-order valence-electron chi connectivity index (χ1n) is 11.1. The highest BCUT2D eigenvalue weighted by molar-refractivity contribution is 6.01. The quantitative estimate of drug-likeness (QED) is 0.616. The molecule has 1 atom stereocenters. The highest BCUT2D eigenvalue weighted by Crippen LogP contribution is 2.49. The molecule has 1 aliphatic heterocycles. The fourth-order valence-electron chi connectivity index (χ4n) is 4.80. The van der Waals surface area contributed by atoms with Crippen LogP contribution in [0.15, 0.2) is 59.1 Å². The number of halogens is 3. The van der Waals surface area contributed by atoms with Crippen LogP contribution < -0.4 is 24.8 Å². The fraction of sp³-hybridized carbons (Fsp3) is 0.308. The van der Waals surface area contributed by atoms with E-state index in [1.807, 2.05) is 0 Å². The van der Waals surface area contributed by atoms with Gasteiger partial charge < -0.3 is 19.9 Å². The van der Waals surface area contributed by atoms with E-state index in [2.05, 4.69) is 6.07 Å². The van der Waals surface area contributed by atoms with Crippen LogP contribution in [-0.2, 0) is 11.0 Å². The van der Waals surface area contributed by atoms with Crippen LogP contribution in [0.25, 0.3) is 0 Å². The molecule has 0 unspecified atom stereocenters. The molecule has 2 aromatic rings. The molecule has 0 fully saturated rings. The maximum atomic E-state index is 13.4. The smallest absolute Gasteiger partial charge is 0.416 e. The molecule has 2 N–H and O–H groups in total. The predicted molar refractivity (Wildman–Crippen MR) is 125 cm³/mol. The molecule has 0 radical (unpaired) electrons. The summed E-state index contributed by atoms with van der Waals surface area (Å²) >= 11 is 0. The molecule has 10 heteroatoms. The summed E-state index contributed by atoms with van der Waals surface area (Å²) < 4.78 is 56.6. The number of Topliss-reactive ketones (excluding diaryl/α,β-unsaturated/α-hetero) is 1. The van der Waals surface area contributed by atoms with Gasteiger partial charge in [-0.25, -0.2) is 0 Å². The Hall–Kier alpha value is -4.13. The second-order valence-electron chi connectivity index (χ2n) is 8.32. The van der Waals surface area contributed by atoms with Gasteiger partial charge in [-0.15, -0.1) is 0 Å². The van der Waals surface area contributed by atoms with Gasteiger partial charge in [0.1, 0.15) is 5.82 Å². The Morgan fingerprint density at radius 3 is 2.28 bits per heavy atom. The van der Waals surface area contributed by atoms with E-state index in [0.29, 0.717) is 46.9 Å². The molecule has 4 rings (SSSR count). The van der Waals surface area contributed by atoms with E-state index >= 15 is 0 Å². The zero-order valence-corrected chi connectivity index (χ0v) is 19.9. The van der Waals surface area contributed by atoms with Gasteiger partial charge in [-0.3, -0.25) is 9.69 Å². The molecule has 0 aromatic heterocycles. The SMILES string of the molecule is COc1cc([C@H]2C(C#N)=C(N)N(c3cccc(C(F)(F)F)c3)C3=C2C(=O)CCC3)cc(OC)c1OC. The summed E-state index contributed by atoms with van der Waals surface area (Å²) in [5.41, 5.74) is 7.08. The lowest BCUT2D eigenvalue weighted by Crippen LogP contribution is -2.38. The van der Waals surface area contributed by atoms with E-state index in [1.54, 1.807) is 12.1 Å². The van der Waals surface area contributed by atoms with E-state index < -0.39 is 17.7 Å². The van der Waals surface area contributed by atoms with E-state index in [1.165, 1.54) is 38.4 Å². The summed E-state index contributed by atoms with van der Waals surface area (Å²) in [5.74, 6) is -0.101. The van der Waals surface area contributed by atoms with Crippen LogP contribution in [0.5, 0.6) is 17.2 Å². The fourth-order valence-corrected chi connectivity index (χ4v) is 4.80. The molecule has 0 bridgehead atoms. The minimum atomic E-state index is -4.57. The number of anilines is 1. The molecule has 0 spiro atoms. The highest BCUT2D eigenvalue weighted by Gasteiger charge is 2.41. The number of ketones is 1. The van der Waals surface area contributed by atoms with Gasteiger partial charge in [0.25, 0.3) is 0 Å². The number of alkyl halides is 3. The zero-order chi connectivity index (χ0) is 26.2. The summed E-state index contributed by atoms with van der Waals surface area (Å²) in [5, 5.41) is 10.2. The van der Waals surface area contributed by atoms with E-state index in [9.17, 15) is 23.2 Å². The molecule has 36 heavy (non-hydrogen) atoms. The Morgan fingerprint density at radius 1 is 1.06 bits per heavy atom. The van der Waals surface area contributed by atoms with Crippen LogP contribution in [0, 0.1) is 11.3 Å². The van der Waals surface area contributed by atoms with E-state index in [0.717, 1.165) is 12.1 Å². The molecule has 0 saturated heterocycles. The Bertz CT molecular complexity index is 1300.